The fourth-order valence-electron chi connectivity index (χ4n) is 4.82. The van der Waals surface area contributed by atoms with Gasteiger partial charge in [-0.05, 0) is 34.7 Å². The summed E-state index contributed by atoms with van der Waals surface area (Å²) in [5.41, 5.74) is 5.32. The second-order valence-corrected chi connectivity index (χ2v) is 10.7. The number of nitrogens with one attached hydrogen (secondary N) is 2. The largest absolute Gasteiger partial charge is 0.477 e. The van der Waals surface area contributed by atoms with E-state index in [4.69, 9.17) is 14.6 Å². The first-order chi connectivity index (χ1) is 19.9. The number of aromatic carboxylic acids is 1. The summed E-state index contributed by atoms with van der Waals surface area (Å²) in [6.07, 6.45) is -0.210. The number of carboxylic acid groups (broad SMARTS) is 1. The van der Waals surface area contributed by atoms with Crippen molar-refractivity contribution >= 4 is 29.3 Å². The lowest BCUT2D eigenvalue weighted by Gasteiger charge is -2.25. The highest BCUT2D eigenvalue weighted by Gasteiger charge is 2.31. The van der Waals surface area contributed by atoms with E-state index in [1.54, 1.807) is 6.92 Å². The van der Waals surface area contributed by atoms with Crippen LogP contribution in [0, 0.1) is 0 Å². The van der Waals surface area contributed by atoms with E-state index in [0.717, 1.165) is 39.2 Å². The van der Waals surface area contributed by atoms with E-state index in [1.165, 1.54) is 6.20 Å². The van der Waals surface area contributed by atoms with Crippen molar-refractivity contribution in [2.75, 3.05) is 6.61 Å². The molecule has 4 aromatic rings. The molecular formula is C31H29N3O6S. The van der Waals surface area contributed by atoms with Crippen molar-refractivity contribution in [1.82, 2.24) is 15.6 Å². The lowest BCUT2D eigenvalue weighted by atomic mass is 9.98. The summed E-state index contributed by atoms with van der Waals surface area (Å²) in [5.74, 6) is -1.72. The second-order valence-electron chi connectivity index (χ2n) is 9.59. The number of alkyl carbamates (subject to hydrolysis) is 1. The molecule has 0 fully saturated rings. The number of nitrogens with zero attached hydrogens (tertiary/aromatic N) is 1. The zero-order chi connectivity index (χ0) is 28.8. The number of aromatic nitrogens is 1. The van der Waals surface area contributed by atoms with Crippen molar-refractivity contribution in [1.29, 1.82) is 0 Å². The van der Waals surface area contributed by atoms with E-state index in [1.807, 2.05) is 66.7 Å². The van der Waals surface area contributed by atoms with E-state index in [-0.39, 0.29) is 30.6 Å². The van der Waals surface area contributed by atoms with Crippen molar-refractivity contribution in [3.05, 3.63) is 112 Å². The van der Waals surface area contributed by atoms with Crippen molar-refractivity contribution in [3.63, 3.8) is 0 Å². The molecule has 9 nitrogen and oxygen atoms in total. The number of hydrogen-bond acceptors (Lipinski definition) is 7. The number of hydrogen-bond donors (Lipinski definition) is 3. The summed E-state index contributed by atoms with van der Waals surface area (Å²) in [4.78, 5) is 41.5. The van der Waals surface area contributed by atoms with Crippen molar-refractivity contribution in [3.8, 4) is 11.1 Å². The fourth-order valence-corrected chi connectivity index (χ4v) is 5.52. The van der Waals surface area contributed by atoms with Crippen LogP contribution in [0.25, 0.3) is 11.1 Å². The Morgan fingerprint density at radius 1 is 0.951 bits per heavy atom. The van der Waals surface area contributed by atoms with E-state index in [0.29, 0.717) is 5.01 Å². The molecule has 2 atom stereocenters. The Balaban J connectivity index is 1.25. The average molecular weight is 572 g/mol. The first-order valence-electron chi connectivity index (χ1n) is 13.1. The minimum Gasteiger partial charge on any atom is -0.477 e. The van der Waals surface area contributed by atoms with Crippen LogP contribution in [-0.4, -0.2) is 46.8 Å². The zero-order valence-electron chi connectivity index (χ0n) is 22.3. The highest BCUT2D eigenvalue weighted by Crippen LogP contribution is 2.44. The first kappa shape index (κ1) is 28.0. The number of thiazole rings is 1. The van der Waals surface area contributed by atoms with Gasteiger partial charge in [-0.3, -0.25) is 4.79 Å². The van der Waals surface area contributed by atoms with Crippen LogP contribution in [0.4, 0.5) is 4.79 Å². The molecule has 0 saturated heterocycles. The Kier molecular flexibility index (Phi) is 8.71. The predicted octanol–water partition coefficient (Wildman–Crippen LogP) is 4.97. The van der Waals surface area contributed by atoms with E-state index >= 15 is 0 Å². The summed E-state index contributed by atoms with van der Waals surface area (Å²) in [7, 11) is 0. The van der Waals surface area contributed by atoms with Gasteiger partial charge in [0.15, 0.2) is 0 Å². The molecule has 1 aliphatic rings. The third-order valence-corrected chi connectivity index (χ3v) is 7.89. The molecule has 3 aromatic carbocycles. The Morgan fingerprint density at radius 2 is 1.59 bits per heavy atom. The summed E-state index contributed by atoms with van der Waals surface area (Å²) < 4.78 is 11.6. The molecule has 1 aliphatic carbocycles. The van der Waals surface area contributed by atoms with E-state index < -0.39 is 30.1 Å². The lowest BCUT2D eigenvalue weighted by molar-refractivity contribution is -0.127. The minimum absolute atomic E-state index is 0.00501. The monoisotopic (exact) mass is 571 g/mol. The van der Waals surface area contributed by atoms with Crippen LogP contribution in [-0.2, 0) is 27.4 Å². The molecule has 2 unspecified atom stereocenters. The van der Waals surface area contributed by atoms with Crippen LogP contribution in [0.2, 0.25) is 0 Å². The van der Waals surface area contributed by atoms with Gasteiger partial charge in [0, 0.05) is 5.92 Å². The van der Waals surface area contributed by atoms with Gasteiger partial charge in [-0.1, -0.05) is 78.9 Å². The summed E-state index contributed by atoms with van der Waals surface area (Å²) >= 11 is 0.967. The maximum absolute atomic E-state index is 13.2. The topological polar surface area (TPSA) is 127 Å². The molecule has 0 saturated carbocycles. The van der Waals surface area contributed by atoms with Crippen molar-refractivity contribution in [2.45, 2.75) is 38.1 Å². The number of carbonyl (C=O) groups excluding carboxylic acids is 2. The Bertz CT molecular complexity index is 1490. The number of benzene rings is 3. The summed E-state index contributed by atoms with van der Waals surface area (Å²) in [5, 5.41) is 15.0. The van der Waals surface area contributed by atoms with Gasteiger partial charge in [0.05, 0.1) is 25.5 Å². The van der Waals surface area contributed by atoms with E-state index in [9.17, 15) is 14.4 Å². The molecule has 1 aromatic heterocycles. The second kappa shape index (κ2) is 12.8. The van der Waals surface area contributed by atoms with Gasteiger partial charge in [0.1, 0.15) is 22.5 Å². The highest BCUT2D eigenvalue weighted by molar-refractivity contribution is 7.13. The maximum Gasteiger partial charge on any atom is 0.407 e. The third kappa shape index (κ3) is 6.62. The van der Waals surface area contributed by atoms with Gasteiger partial charge in [0.2, 0.25) is 5.91 Å². The smallest absolute Gasteiger partial charge is 0.407 e. The van der Waals surface area contributed by atoms with Crippen LogP contribution < -0.4 is 10.6 Å². The number of fused-ring (bicyclic) bond motifs is 3. The number of ether oxygens (including phenoxy) is 2. The van der Waals surface area contributed by atoms with Gasteiger partial charge >= 0.3 is 12.1 Å². The van der Waals surface area contributed by atoms with Crippen LogP contribution in [0.3, 0.4) is 0 Å². The van der Waals surface area contributed by atoms with Gasteiger partial charge < -0.3 is 25.2 Å². The molecule has 3 N–H and O–H groups in total. The van der Waals surface area contributed by atoms with Gasteiger partial charge in [-0.25, -0.2) is 14.6 Å². The first-order valence-corrected chi connectivity index (χ1v) is 13.9. The zero-order valence-corrected chi connectivity index (χ0v) is 23.1. The molecular weight excluding hydrogens is 542 g/mol. The van der Waals surface area contributed by atoms with Crippen LogP contribution >= 0.6 is 11.3 Å². The third-order valence-electron chi connectivity index (χ3n) is 6.90. The van der Waals surface area contributed by atoms with Crippen LogP contribution in [0.5, 0.6) is 0 Å². The Morgan fingerprint density at radius 3 is 2.22 bits per heavy atom. The SMILES string of the molecule is CC(OCc1ccccc1)C(NC(=O)OCC1c2ccccc2-c2ccccc21)C(=O)NCc1ncc(C(=O)O)s1. The fraction of sp³-hybridized carbons (Fsp3) is 0.226. The molecule has 0 bridgehead atoms. The standard InChI is InChI=1S/C31H29N3O6S/c1-19(39-17-20-9-3-2-4-10-20)28(29(35)33-16-27-32-15-26(41-27)30(36)37)34-31(38)40-18-25-23-13-7-5-11-21(23)22-12-6-8-14-24(22)25/h2-15,19,25,28H,16-18H2,1H3,(H,33,35)(H,34,38)(H,36,37). The molecule has 210 valence electrons. The minimum atomic E-state index is -1.09. The lowest BCUT2D eigenvalue weighted by Crippen LogP contribution is -2.53. The number of carboxylic acids is 1. The highest BCUT2D eigenvalue weighted by atomic mass is 32.1. The summed E-state index contributed by atoms with van der Waals surface area (Å²) in [6, 6.07) is 24.5. The molecule has 1 heterocycles. The molecule has 10 heteroatoms. The van der Waals surface area contributed by atoms with Crippen LogP contribution in [0.15, 0.2) is 85.1 Å². The van der Waals surface area contributed by atoms with Crippen LogP contribution in [0.1, 0.15) is 44.2 Å². The average Bonchev–Trinajstić information content (AvgIpc) is 3.60. The quantitative estimate of drug-likeness (QED) is 0.232. The number of amides is 2. The van der Waals surface area contributed by atoms with Crippen molar-refractivity contribution in [2.24, 2.45) is 0 Å². The molecule has 2 amide bonds. The Labute approximate surface area is 241 Å². The van der Waals surface area contributed by atoms with Gasteiger partial charge in [-0.15, -0.1) is 11.3 Å². The predicted molar refractivity (Wildman–Crippen MR) is 154 cm³/mol. The molecule has 0 radical (unpaired) electrons. The van der Waals surface area contributed by atoms with Gasteiger partial charge in [-0.2, -0.15) is 0 Å². The molecule has 0 spiro atoms. The number of rotatable bonds is 11. The van der Waals surface area contributed by atoms with Gasteiger partial charge in [0.25, 0.3) is 0 Å². The Hall–Kier alpha value is -4.54. The molecule has 41 heavy (non-hydrogen) atoms. The summed E-state index contributed by atoms with van der Waals surface area (Å²) in [6.45, 7) is 2.05. The van der Waals surface area contributed by atoms with E-state index in [2.05, 4.69) is 27.8 Å². The normalized spacial score (nSPS) is 13.5. The van der Waals surface area contributed by atoms with Crippen molar-refractivity contribution < 1.29 is 29.0 Å². The molecule has 5 rings (SSSR count). The molecule has 0 aliphatic heterocycles. The maximum atomic E-state index is 13.2. The number of carbonyl (C=O) groups is 3.